The van der Waals surface area contributed by atoms with Crippen LogP contribution >= 0.6 is 11.6 Å². The van der Waals surface area contributed by atoms with Gasteiger partial charge in [0.1, 0.15) is 22.9 Å². The van der Waals surface area contributed by atoms with E-state index < -0.39 is 54.6 Å². The lowest BCUT2D eigenvalue weighted by molar-refractivity contribution is -0.191. The molecule has 3 heterocycles. The summed E-state index contributed by atoms with van der Waals surface area (Å²) in [5.74, 6) is -1.45. The van der Waals surface area contributed by atoms with Gasteiger partial charge in [0.25, 0.3) is 5.60 Å². The summed E-state index contributed by atoms with van der Waals surface area (Å²) in [4.78, 5) is 32.4. The van der Waals surface area contributed by atoms with Crippen LogP contribution in [0.4, 0.5) is 0 Å². The van der Waals surface area contributed by atoms with Crippen molar-refractivity contribution in [2.75, 3.05) is 6.61 Å². The normalized spacial score (nSPS) is 24.3. The van der Waals surface area contributed by atoms with Crippen molar-refractivity contribution in [1.82, 2.24) is 14.5 Å². The minimum absolute atomic E-state index is 0.146. The van der Waals surface area contributed by atoms with E-state index in [0.29, 0.717) is 11.1 Å². The number of hydrogen-bond donors (Lipinski definition) is 4. The summed E-state index contributed by atoms with van der Waals surface area (Å²) in [6, 6.07) is 11.2. The molecule has 0 saturated carbocycles. The SMILES string of the molecule is C#C[C@@]1(O)[C@@H](COC(Cc2ccccc2)(C(=O)O)C(=O)O)O[C@@H](n2cnc3ccc(Cl)nc32)[C@@H]1O. The third-order valence-corrected chi connectivity index (χ3v) is 6.09. The van der Waals surface area contributed by atoms with Crippen molar-refractivity contribution in [3.8, 4) is 12.3 Å². The second-order valence-electron chi connectivity index (χ2n) is 7.97. The van der Waals surface area contributed by atoms with Crippen LogP contribution in [0.5, 0.6) is 0 Å². The largest absolute Gasteiger partial charge is 0.479 e. The molecule has 12 heteroatoms. The number of imidazole rings is 1. The summed E-state index contributed by atoms with van der Waals surface area (Å²) in [6.45, 7) is -0.763. The lowest BCUT2D eigenvalue weighted by Gasteiger charge is -2.30. The smallest absolute Gasteiger partial charge is 0.348 e. The van der Waals surface area contributed by atoms with Crippen LogP contribution in [0.15, 0.2) is 48.8 Å². The van der Waals surface area contributed by atoms with E-state index in [9.17, 15) is 30.0 Å². The van der Waals surface area contributed by atoms with Crippen molar-refractivity contribution in [2.24, 2.45) is 0 Å². The zero-order chi connectivity index (χ0) is 25.4. The van der Waals surface area contributed by atoms with Gasteiger partial charge in [-0.25, -0.2) is 19.6 Å². The number of terminal acetylenes is 1. The summed E-state index contributed by atoms with van der Waals surface area (Å²) < 4.78 is 12.5. The maximum atomic E-state index is 12.1. The van der Waals surface area contributed by atoms with E-state index in [1.165, 1.54) is 17.0 Å². The van der Waals surface area contributed by atoms with Crippen LogP contribution in [-0.4, -0.2) is 76.9 Å². The molecule has 1 fully saturated rings. The number of carbonyl (C=O) groups is 2. The van der Waals surface area contributed by atoms with Crippen LogP contribution in [-0.2, 0) is 25.5 Å². The van der Waals surface area contributed by atoms with Crippen molar-refractivity contribution in [1.29, 1.82) is 0 Å². The van der Waals surface area contributed by atoms with E-state index >= 15 is 0 Å². The van der Waals surface area contributed by atoms with Crippen molar-refractivity contribution < 1.29 is 39.5 Å². The fraction of sp³-hybridized carbons (Fsp3) is 0.304. The van der Waals surface area contributed by atoms with Gasteiger partial charge in [-0.3, -0.25) is 4.57 Å². The Kier molecular flexibility index (Phi) is 6.50. The standard InChI is InChI=1S/C23H20ClN3O8/c1-2-22(33)15(11-34-23(20(29)30,21(31)32)10-13-6-4-3-5-7-13)35-19(17(22)28)27-12-25-14-8-9-16(24)26-18(14)27/h1,3-9,12,15,17,19,28,33H,10-11H2,(H,29,30)(H,31,32)/t15-,17+,19-,22-/m1/s1. The minimum Gasteiger partial charge on any atom is -0.479 e. The maximum absolute atomic E-state index is 12.1. The number of pyridine rings is 1. The Balaban J connectivity index is 1.64. The third-order valence-electron chi connectivity index (χ3n) is 5.88. The van der Waals surface area contributed by atoms with Gasteiger partial charge in [-0.1, -0.05) is 47.9 Å². The number of carboxylic acid groups (broad SMARTS) is 2. The van der Waals surface area contributed by atoms with E-state index in [2.05, 4.69) is 15.9 Å². The molecule has 0 unspecified atom stereocenters. The molecule has 4 N–H and O–H groups in total. The van der Waals surface area contributed by atoms with E-state index in [0.717, 1.165) is 0 Å². The number of rotatable bonds is 8. The number of nitrogens with zero attached hydrogens (tertiary/aromatic N) is 3. The number of benzene rings is 1. The van der Waals surface area contributed by atoms with Crippen molar-refractivity contribution in [3.05, 3.63) is 59.5 Å². The van der Waals surface area contributed by atoms with E-state index in [1.54, 1.807) is 36.4 Å². The van der Waals surface area contributed by atoms with Crippen LogP contribution in [0.1, 0.15) is 11.8 Å². The second kappa shape index (κ2) is 9.26. The Morgan fingerprint density at radius 1 is 1.23 bits per heavy atom. The predicted molar refractivity (Wildman–Crippen MR) is 120 cm³/mol. The average molecular weight is 502 g/mol. The molecular formula is C23H20ClN3O8. The Hall–Kier alpha value is -3.53. The number of aromatic nitrogens is 3. The van der Waals surface area contributed by atoms with Gasteiger partial charge in [0.15, 0.2) is 17.5 Å². The molecule has 1 saturated heterocycles. The van der Waals surface area contributed by atoms with Gasteiger partial charge < -0.3 is 29.9 Å². The Morgan fingerprint density at radius 2 is 1.91 bits per heavy atom. The van der Waals surface area contributed by atoms with Gasteiger partial charge in [0, 0.05) is 6.42 Å². The molecule has 3 aromatic rings. The lowest BCUT2D eigenvalue weighted by Crippen LogP contribution is -2.55. The molecule has 0 spiro atoms. The quantitative estimate of drug-likeness (QED) is 0.198. The molecule has 4 rings (SSSR count). The predicted octanol–water partition coefficient (Wildman–Crippen LogP) is 0.875. The Bertz CT molecular complexity index is 1290. The maximum Gasteiger partial charge on any atom is 0.348 e. The first-order chi connectivity index (χ1) is 16.6. The molecule has 0 amide bonds. The third kappa shape index (κ3) is 4.22. The minimum atomic E-state index is -2.71. The number of aliphatic hydroxyl groups is 2. The number of halogens is 1. The number of hydrogen-bond acceptors (Lipinski definition) is 8. The molecule has 1 aliphatic heterocycles. The van der Waals surface area contributed by atoms with Gasteiger partial charge in [-0.05, 0) is 17.7 Å². The Labute approximate surface area is 203 Å². The van der Waals surface area contributed by atoms with Crippen molar-refractivity contribution in [2.45, 2.75) is 36.1 Å². The van der Waals surface area contributed by atoms with Gasteiger partial charge in [0.2, 0.25) is 0 Å². The second-order valence-corrected chi connectivity index (χ2v) is 8.36. The molecule has 11 nitrogen and oxygen atoms in total. The van der Waals surface area contributed by atoms with Gasteiger partial charge >= 0.3 is 11.9 Å². The summed E-state index contributed by atoms with van der Waals surface area (Å²) in [5, 5.41) is 41.6. The van der Waals surface area contributed by atoms with Crippen LogP contribution < -0.4 is 0 Å². The Morgan fingerprint density at radius 3 is 2.54 bits per heavy atom. The average Bonchev–Trinajstić information content (AvgIpc) is 3.35. The first-order valence-corrected chi connectivity index (χ1v) is 10.7. The molecule has 0 radical (unpaired) electrons. The number of aliphatic hydroxyl groups excluding tert-OH is 1. The monoisotopic (exact) mass is 501 g/mol. The zero-order valence-electron chi connectivity index (χ0n) is 18.0. The fourth-order valence-electron chi connectivity index (χ4n) is 3.91. The highest BCUT2D eigenvalue weighted by Gasteiger charge is 2.57. The fourth-order valence-corrected chi connectivity index (χ4v) is 4.05. The first-order valence-electron chi connectivity index (χ1n) is 10.3. The molecule has 35 heavy (non-hydrogen) atoms. The summed E-state index contributed by atoms with van der Waals surface area (Å²) in [7, 11) is 0. The molecular weight excluding hydrogens is 482 g/mol. The molecule has 4 atom stereocenters. The highest BCUT2D eigenvalue weighted by Crippen LogP contribution is 2.39. The zero-order valence-corrected chi connectivity index (χ0v) is 18.7. The first kappa shape index (κ1) is 24.6. The van der Waals surface area contributed by atoms with Crippen molar-refractivity contribution in [3.63, 3.8) is 0 Å². The highest BCUT2D eigenvalue weighted by molar-refractivity contribution is 6.29. The van der Waals surface area contributed by atoms with E-state index in [1.807, 2.05) is 0 Å². The summed E-state index contributed by atoms with van der Waals surface area (Å²) in [5.41, 5.74) is -4.01. The van der Waals surface area contributed by atoms with Crippen LogP contribution in [0.25, 0.3) is 11.2 Å². The van der Waals surface area contributed by atoms with Crippen molar-refractivity contribution >= 4 is 34.7 Å². The molecule has 2 aromatic heterocycles. The van der Waals surface area contributed by atoms with Gasteiger partial charge in [0.05, 0.1) is 12.9 Å². The summed E-state index contributed by atoms with van der Waals surface area (Å²) >= 11 is 5.96. The molecule has 1 aliphatic rings. The molecule has 1 aromatic carbocycles. The van der Waals surface area contributed by atoms with Gasteiger partial charge in [-0.2, -0.15) is 0 Å². The summed E-state index contributed by atoms with van der Waals surface area (Å²) in [6.07, 6.45) is 1.75. The van der Waals surface area contributed by atoms with E-state index in [-0.39, 0.29) is 10.8 Å². The number of fused-ring (bicyclic) bond motifs is 1. The van der Waals surface area contributed by atoms with Crippen LogP contribution in [0.2, 0.25) is 5.15 Å². The molecule has 0 bridgehead atoms. The van der Waals surface area contributed by atoms with Crippen LogP contribution in [0.3, 0.4) is 0 Å². The number of carboxylic acids is 2. The number of aliphatic carboxylic acids is 2. The van der Waals surface area contributed by atoms with E-state index in [4.69, 9.17) is 27.5 Å². The topological polar surface area (TPSA) is 164 Å². The van der Waals surface area contributed by atoms with Gasteiger partial charge in [-0.15, -0.1) is 6.42 Å². The number of ether oxygens (including phenoxy) is 2. The lowest BCUT2D eigenvalue weighted by atomic mass is 9.92. The van der Waals surface area contributed by atoms with Crippen LogP contribution in [0, 0.1) is 12.3 Å². The molecule has 182 valence electrons. The molecule has 0 aliphatic carbocycles. The highest BCUT2D eigenvalue weighted by atomic mass is 35.5.